The number of methoxy groups -OCH3 is 1. The molecule has 1 aromatic carbocycles. The Labute approximate surface area is 146 Å². The Kier molecular flexibility index (Phi) is 6.93. The maximum absolute atomic E-state index is 12.1. The molecule has 0 saturated carbocycles. The third kappa shape index (κ3) is 6.18. The van der Waals surface area contributed by atoms with Crippen molar-refractivity contribution in [2.45, 2.75) is 11.4 Å². The van der Waals surface area contributed by atoms with Crippen LogP contribution in [0.4, 0.5) is 0 Å². The normalized spacial score (nSPS) is 11.7. The predicted octanol–water partition coefficient (Wildman–Crippen LogP) is 1.53. The fraction of sp³-hybridized carbons (Fsp3) is 0.235. The first kappa shape index (κ1) is 18.9. The summed E-state index contributed by atoms with van der Waals surface area (Å²) < 4.78 is 37.0. The Hall–Kier alpha value is -2.42. The van der Waals surface area contributed by atoms with Crippen LogP contribution in [0.15, 0.2) is 57.9 Å². The molecule has 1 heterocycles. The Morgan fingerprint density at radius 1 is 1.20 bits per heavy atom. The SMILES string of the molecule is COCCNC(=O)/C=C/c1ccc(CNS(=O)(=O)c2ccccc2)o1. The average Bonchev–Trinajstić information content (AvgIpc) is 3.07. The van der Waals surface area contributed by atoms with Gasteiger partial charge in [0, 0.05) is 19.7 Å². The number of carbonyl (C=O) groups is 1. The summed E-state index contributed by atoms with van der Waals surface area (Å²) in [6.07, 6.45) is 2.85. The smallest absolute Gasteiger partial charge is 0.244 e. The third-order valence-corrected chi connectivity index (χ3v) is 4.59. The minimum atomic E-state index is -3.59. The van der Waals surface area contributed by atoms with Crippen LogP contribution < -0.4 is 10.0 Å². The number of rotatable bonds is 9. The molecule has 0 spiro atoms. The molecule has 7 nitrogen and oxygen atoms in total. The summed E-state index contributed by atoms with van der Waals surface area (Å²) in [7, 11) is -2.04. The van der Waals surface area contributed by atoms with Gasteiger partial charge in [0.1, 0.15) is 11.5 Å². The van der Waals surface area contributed by atoms with Gasteiger partial charge in [-0.3, -0.25) is 4.79 Å². The molecule has 0 aliphatic carbocycles. The van der Waals surface area contributed by atoms with Crippen molar-refractivity contribution in [3.8, 4) is 0 Å². The fourth-order valence-corrected chi connectivity index (χ4v) is 2.94. The molecule has 2 aromatic rings. The molecule has 25 heavy (non-hydrogen) atoms. The lowest BCUT2D eigenvalue weighted by atomic mass is 10.3. The first-order chi connectivity index (χ1) is 12.0. The molecule has 2 N–H and O–H groups in total. The standard InChI is InChI=1S/C17H20N2O5S/c1-23-12-11-18-17(20)10-9-14-7-8-15(24-14)13-19-25(21,22)16-5-3-2-4-6-16/h2-10,19H,11-13H2,1H3,(H,18,20)/b10-9+. The van der Waals surface area contributed by atoms with Gasteiger partial charge in [-0.15, -0.1) is 0 Å². The second kappa shape index (κ2) is 9.16. The Bertz CT molecular complexity index is 813. The topological polar surface area (TPSA) is 97.6 Å². The summed E-state index contributed by atoms with van der Waals surface area (Å²) in [6, 6.07) is 11.4. The summed E-state index contributed by atoms with van der Waals surface area (Å²) >= 11 is 0. The predicted molar refractivity (Wildman–Crippen MR) is 93.1 cm³/mol. The molecule has 0 aliphatic heterocycles. The van der Waals surface area contributed by atoms with Crippen molar-refractivity contribution >= 4 is 22.0 Å². The molecule has 2 rings (SSSR count). The molecular formula is C17H20N2O5S. The molecule has 0 saturated heterocycles. The first-order valence-electron chi connectivity index (χ1n) is 7.59. The first-order valence-corrected chi connectivity index (χ1v) is 9.08. The van der Waals surface area contributed by atoms with E-state index in [-0.39, 0.29) is 17.3 Å². The number of ether oxygens (including phenoxy) is 1. The van der Waals surface area contributed by atoms with Crippen LogP contribution in [0.2, 0.25) is 0 Å². The summed E-state index contributed by atoms with van der Waals surface area (Å²) in [6.45, 7) is 0.876. The van der Waals surface area contributed by atoms with Gasteiger partial charge in [-0.25, -0.2) is 13.1 Å². The quantitative estimate of drug-likeness (QED) is 0.519. The maximum atomic E-state index is 12.1. The van der Waals surface area contributed by atoms with Crippen molar-refractivity contribution < 1.29 is 22.4 Å². The van der Waals surface area contributed by atoms with Crippen LogP contribution in [-0.2, 0) is 26.1 Å². The van der Waals surface area contributed by atoms with Crippen molar-refractivity contribution in [2.75, 3.05) is 20.3 Å². The highest BCUT2D eigenvalue weighted by molar-refractivity contribution is 7.89. The number of sulfonamides is 1. The zero-order valence-corrected chi connectivity index (χ0v) is 14.6. The molecule has 0 atom stereocenters. The van der Waals surface area contributed by atoms with Crippen LogP contribution in [0.3, 0.4) is 0 Å². The number of nitrogens with one attached hydrogen (secondary N) is 2. The molecule has 0 radical (unpaired) electrons. The summed E-state index contributed by atoms with van der Waals surface area (Å²) in [4.78, 5) is 11.7. The second-order valence-corrected chi connectivity index (χ2v) is 6.83. The van der Waals surface area contributed by atoms with Crippen LogP contribution in [-0.4, -0.2) is 34.6 Å². The molecule has 0 bridgehead atoms. The summed E-state index contributed by atoms with van der Waals surface area (Å²) in [5.41, 5.74) is 0. The van der Waals surface area contributed by atoms with E-state index in [4.69, 9.17) is 9.15 Å². The van der Waals surface area contributed by atoms with Gasteiger partial charge in [-0.05, 0) is 30.3 Å². The van der Waals surface area contributed by atoms with E-state index >= 15 is 0 Å². The number of carbonyl (C=O) groups excluding carboxylic acids is 1. The van der Waals surface area contributed by atoms with Crippen molar-refractivity contribution in [1.82, 2.24) is 10.0 Å². The largest absolute Gasteiger partial charge is 0.460 e. The Morgan fingerprint density at radius 3 is 2.68 bits per heavy atom. The van der Waals surface area contributed by atoms with Gasteiger partial charge in [0.15, 0.2) is 0 Å². The van der Waals surface area contributed by atoms with Gasteiger partial charge in [-0.1, -0.05) is 18.2 Å². The summed E-state index contributed by atoms with van der Waals surface area (Å²) in [5, 5.41) is 2.64. The minimum Gasteiger partial charge on any atom is -0.460 e. The van der Waals surface area contributed by atoms with Crippen molar-refractivity contribution in [2.24, 2.45) is 0 Å². The van der Waals surface area contributed by atoms with E-state index in [9.17, 15) is 13.2 Å². The third-order valence-electron chi connectivity index (χ3n) is 3.18. The molecule has 0 aliphatic rings. The van der Waals surface area contributed by atoms with Gasteiger partial charge in [0.05, 0.1) is 18.0 Å². The van der Waals surface area contributed by atoms with Gasteiger partial charge >= 0.3 is 0 Å². The number of furan rings is 1. The zero-order chi connectivity index (χ0) is 18.1. The van der Waals surface area contributed by atoms with E-state index < -0.39 is 10.0 Å². The highest BCUT2D eigenvalue weighted by atomic mass is 32.2. The van der Waals surface area contributed by atoms with Crippen LogP contribution >= 0.6 is 0 Å². The van der Waals surface area contributed by atoms with Gasteiger partial charge in [-0.2, -0.15) is 0 Å². The van der Waals surface area contributed by atoms with E-state index in [1.54, 1.807) is 37.4 Å². The zero-order valence-electron chi connectivity index (χ0n) is 13.8. The van der Waals surface area contributed by atoms with E-state index in [1.165, 1.54) is 24.3 Å². The number of benzene rings is 1. The van der Waals surface area contributed by atoms with Crippen LogP contribution in [0.25, 0.3) is 6.08 Å². The minimum absolute atomic E-state index is 0.0190. The molecular weight excluding hydrogens is 344 g/mol. The number of amides is 1. The molecule has 8 heteroatoms. The van der Waals surface area contributed by atoms with Crippen LogP contribution in [0.5, 0.6) is 0 Å². The molecule has 0 unspecified atom stereocenters. The van der Waals surface area contributed by atoms with E-state index in [0.29, 0.717) is 24.7 Å². The molecule has 1 amide bonds. The molecule has 0 fully saturated rings. The molecule has 134 valence electrons. The average molecular weight is 364 g/mol. The lowest BCUT2D eigenvalue weighted by Gasteiger charge is -2.04. The van der Waals surface area contributed by atoms with Crippen molar-refractivity contribution in [3.05, 3.63) is 60.1 Å². The van der Waals surface area contributed by atoms with Gasteiger partial charge in [0.2, 0.25) is 15.9 Å². The number of hydrogen-bond donors (Lipinski definition) is 2. The highest BCUT2D eigenvalue weighted by Gasteiger charge is 2.13. The summed E-state index contributed by atoms with van der Waals surface area (Å²) in [5.74, 6) is 0.634. The lowest BCUT2D eigenvalue weighted by molar-refractivity contribution is -0.116. The lowest BCUT2D eigenvalue weighted by Crippen LogP contribution is -2.24. The highest BCUT2D eigenvalue weighted by Crippen LogP contribution is 2.12. The van der Waals surface area contributed by atoms with Crippen LogP contribution in [0.1, 0.15) is 11.5 Å². The maximum Gasteiger partial charge on any atom is 0.244 e. The number of hydrogen-bond acceptors (Lipinski definition) is 5. The molecule has 1 aromatic heterocycles. The fourth-order valence-electron chi connectivity index (χ4n) is 1.92. The Balaban J connectivity index is 1.88. The van der Waals surface area contributed by atoms with Gasteiger partial charge in [0.25, 0.3) is 0 Å². The monoisotopic (exact) mass is 364 g/mol. The van der Waals surface area contributed by atoms with Crippen molar-refractivity contribution in [3.63, 3.8) is 0 Å². The second-order valence-electron chi connectivity index (χ2n) is 5.06. The van der Waals surface area contributed by atoms with E-state index in [0.717, 1.165) is 0 Å². The van der Waals surface area contributed by atoms with Crippen molar-refractivity contribution in [1.29, 1.82) is 0 Å². The van der Waals surface area contributed by atoms with Crippen LogP contribution in [0, 0.1) is 0 Å². The Morgan fingerprint density at radius 2 is 1.96 bits per heavy atom. The van der Waals surface area contributed by atoms with E-state index in [2.05, 4.69) is 10.0 Å². The van der Waals surface area contributed by atoms with Gasteiger partial charge < -0.3 is 14.5 Å². The van der Waals surface area contributed by atoms with E-state index in [1.807, 2.05) is 0 Å².